The summed E-state index contributed by atoms with van der Waals surface area (Å²) in [6.45, 7) is 7.08. The number of ether oxygens (including phenoxy) is 1. The fraction of sp³-hybridized carbons (Fsp3) is 0.600. The number of nitrogens with zero attached hydrogens (tertiary/aromatic N) is 2. The summed E-state index contributed by atoms with van der Waals surface area (Å²) in [7, 11) is 4.33. The Hall–Kier alpha value is -1.26. The van der Waals surface area contributed by atoms with Gasteiger partial charge in [0, 0.05) is 45.0 Å². The van der Waals surface area contributed by atoms with Crippen molar-refractivity contribution in [2.75, 3.05) is 51.8 Å². The molecule has 0 aliphatic carbocycles. The maximum Gasteiger partial charge on any atom is 0.119 e. The van der Waals surface area contributed by atoms with Gasteiger partial charge in [0.1, 0.15) is 5.75 Å². The van der Waals surface area contributed by atoms with Crippen LogP contribution in [0, 0.1) is 0 Å². The van der Waals surface area contributed by atoms with Crippen molar-refractivity contribution in [3.8, 4) is 5.75 Å². The van der Waals surface area contributed by atoms with Crippen LogP contribution in [0.3, 0.4) is 0 Å². The molecule has 1 N–H and O–H groups in total. The van der Waals surface area contributed by atoms with E-state index in [0.29, 0.717) is 12.6 Å². The number of hydrogen-bond acceptors (Lipinski definition) is 4. The molecule has 4 nitrogen and oxygen atoms in total. The van der Waals surface area contributed by atoms with Gasteiger partial charge in [-0.25, -0.2) is 0 Å². The third-order valence-corrected chi connectivity index (χ3v) is 3.54. The second-order valence-electron chi connectivity index (χ2n) is 5.22. The van der Waals surface area contributed by atoms with E-state index in [1.165, 1.54) is 5.69 Å². The summed E-state index contributed by atoms with van der Waals surface area (Å²) >= 11 is 0. The monoisotopic (exact) mass is 263 g/mol. The molecule has 1 heterocycles. The predicted molar refractivity (Wildman–Crippen MR) is 80.2 cm³/mol. The third-order valence-electron chi connectivity index (χ3n) is 3.54. The lowest BCUT2D eigenvalue weighted by Gasteiger charge is -2.34. The van der Waals surface area contributed by atoms with Crippen molar-refractivity contribution < 1.29 is 4.74 Å². The minimum Gasteiger partial charge on any atom is -0.494 e. The fourth-order valence-corrected chi connectivity index (χ4v) is 2.51. The molecule has 1 aromatic carbocycles. The van der Waals surface area contributed by atoms with Gasteiger partial charge in [-0.1, -0.05) is 0 Å². The zero-order valence-corrected chi connectivity index (χ0v) is 12.2. The van der Waals surface area contributed by atoms with E-state index >= 15 is 0 Å². The van der Waals surface area contributed by atoms with Gasteiger partial charge in [-0.05, 0) is 38.2 Å². The molecule has 2 rings (SSSR count). The Morgan fingerprint density at radius 1 is 1.37 bits per heavy atom. The van der Waals surface area contributed by atoms with Crippen LogP contribution < -0.4 is 15.0 Å². The predicted octanol–water partition coefficient (Wildman–Crippen LogP) is 1.43. The van der Waals surface area contributed by atoms with Crippen LogP contribution in [0.1, 0.15) is 6.92 Å². The Morgan fingerprint density at radius 3 is 2.74 bits per heavy atom. The van der Waals surface area contributed by atoms with Gasteiger partial charge < -0.3 is 19.9 Å². The largest absolute Gasteiger partial charge is 0.494 e. The second kappa shape index (κ2) is 6.78. The average Bonchev–Trinajstić information content (AvgIpc) is 2.40. The molecule has 0 radical (unpaired) electrons. The lowest BCUT2D eigenvalue weighted by molar-refractivity contribution is 0.241. The van der Waals surface area contributed by atoms with Gasteiger partial charge in [-0.15, -0.1) is 0 Å². The molecule has 1 aromatic rings. The van der Waals surface area contributed by atoms with Crippen molar-refractivity contribution in [3.63, 3.8) is 0 Å². The zero-order valence-electron chi connectivity index (χ0n) is 12.2. The van der Waals surface area contributed by atoms with E-state index in [4.69, 9.17) is 4.74 Å². The first kappa shape index (κ1) is 14.2. The Morgan fingerprint density at radius 2 is 2.11 bits per heavy atom. The summed E-state index contributed by atoms with van der Waals surface area (Å²) in [6, 6.07) is 8.86. The first-order valence-corrected chi connectivity index (χ1v) is 7.05. The lowest BCUT2D eigenvalue weighted by atomic mass is 10.2. The molecule has 1 aliphatic heterocycles. The molecule has 0 spiro atoms. The maximum absolute atomic E-state index is 5.47. The number of likely N-dealkylation sites (N-methyl/N-ethyl adjacent to an activating group) is 2. The van der Waals surface area contributed by atoms with Gasteiger partial charge in [0.05, 0.1) is 6.61 Å². The molecule has 1 aliphatic rings. The molecule has 1 unspecified atom stereocenters. The highest BCUT2D eigenvalue weighted by Crippen LogP contribution is 2.18. The van der Waals surface area contributed by atoms with Gasteiger partial charge in [0.15, 0.2) is 0 Å². The third kappa shape index (κ3) is 4.11. The van der Waals surface area contributed by atoms with Crippen LogP contribution >= 0.6 is 0 Å². The van der Waals surface area contributed by atoms with E-state index in [0.717, 1.165) is 31.9 Å². The average molecular weight is 263 g/mol. The molecule has 0 saturated carbocycles. The normalized spacial score (nSPS) is 20.3. The molecule has 1 saturated heterocycles. The summed E-state index contributed by atoms with van der Waals surface area (Å²) in [5.41, 5.74) is 1.23. The SMILES string of the molecule is CCOc1ccc(N(C)CC2CN(C)CCN2)cc1. The summed E-state index contributed by atoms with van der Waals surface area (Å²) in [6.07, 6.45) is 0. The summed E-state index contributed by atoms with van der Waals surface area (Å²) < 4.78 is 5.47. The van der Waals surface area contributed by atoms with Gasteiger partial charge in [-0.2, -0.15) is 0 Å². The van der Waals surface area contributed by atoms with Gasteiger partial charge in [0.25, 0.3) is 0 Å². The number of hydrogen-bond donors (Lipinski definition) is 1. The first-order valence-electron chi connectivity index (χ1n) is 7.05. The van der Waals surface area contributed by atoms with E-state index in [-0.39, 0.29) is 0 Å². The Balaban J connectivity index is 1.89. The van der Waals surface area contributed by atoms with Crippen LogP contribution in [0.4, 0.5) is 5.69 Å². The van der Waals surface area contributed by atoms with Crippen LogP contribution in [0.25, 0.3) is 0 Å². The number of nitrogens with one attached hydrogen (secondary N) is 1. The van der Waals surface area contributed by atoms with E-state index in [9.17, 15) is 0 Å². The highest BCUT2D eigenvalue weighted by Gasteiger charge is 2.17. The van der Waals surface area contributed by atoms with Crippen molar-refractivity contribution in [2.24, 2.45) is 0 Å². The van der Waals surface area contributed by atoms with Crippen molar-refractivity contribution in [1.82, 2.24) is 10.2 Å². The smallest absolute Gasteiger partial charge is 0.119 e. The highest BCUT2D eigenvalue weighted by molar-refractivity contribution is 5.48. The van der Waals surface area contributed by atoms with Crippen molar-refractivity contribution in [2.45, 2.75) is 13.0 Å². The number of anilines is 1. The van der Waals surface area contributed by atoms with Crippen LogP contribution in [0.15, 0.2) is 24.3 Å². The second-order valence-corrected chi connectivity index (χ2v) is 5.22. The molecule has 106 valence electrons. The van der Waals surface area contributed by atoms with Crippen LogP contribution in [-0.4, -0.2) is 57.8 Å². The van der Waals surface area contributed by atoms with Crippen molar-refractivity contribution in [3.05, 3.63) is 24.3 Å². The Kier molecular flexibility index (Phi) is 5.05. The molecule has 1 atom stereocenters. The Labute approximate surface area is 116 Å². The molecule has 4 heteroatoms. The Bertz CT molecular complexity index is 379. The van der Waals surface area contributed by atoms with Crippen LogP contribution in [-0.2, 0) is 0 Å². The maximum atomic E-state index is 5.47. The number of piperazine rings is 1. The molecule has 0 aromatic heterocycles. The molecular weight excluding hydrogens is 238 g/mol. The summed E-state index contributed by atoms with van der Waals surface area (Å²) in [5, 5.41) is 3.57. The van der Waals surface area contributed by atoms with Crippen LogP contribution in [0.2, 0.25) is 0 Å². The fourth-order valence-electron chi connectivity index (χ4n) is 2.51. The molecule has 19 heavy (non-hydrogen) atoms. The van der Waals surface area contributed by atoms with Gasteiger partial charge in [0.2, 0.25) is 0 Å². The zero-order chi connectivity index (χ0) is 13.7. The minimum absolute atomic E-state index is 0.537. The molecule has 1 fully saturated rings. The topological polar surface area (TPSA) is 27.7 Å². The quantitative estimate of drug-likeness (QED) is 0.869. The lowest BCUT2D eigenvalue weighted by Crippen LogP contribution is -2.53. The first-order chi connectivity index (χ1) is 9.19. The highest BCUT2D eigenvalue weighted by atomic mass is 16.5. The standard InChI is InChI=1S/C15H25N3O/c1-4-19-15-7-5-14(6-8-15)18(3)12-13-11-17(2)10-9-16-13/h5-8,13,16H,4,9-12H2,1-3H3. The van der Waals surface area contributed by atoms with Gasteiger partial charge >= 0.3 is 0 Å². The summed E-state index contributed by atoms with van der Waals surface area (Å²) in [4.78, 5) is 4.68. The summed E-state index contributed by atoms with van der Waals surface area (Å²) in [5.74, 6) is 0.940. The van der Waals surface area contributed by atoms with Crippen molar-refractivity contribution >= 4 is 5.69 Å². The van der Waals surface area contributed by atoms with E-state index in [1.807, 2.05) is 19.1 Å². The molecule has 0 bridgehead atoms. The van der Waals surface area contributed by atoms with E-state index in [1.54, 1.807) is 0 Å². The number of benzene rings is 1. The minimum atomic E-state index is 0.537. The van der Waals surface area contributed by atoms with Crippen molar-refractivity contribution in [1.29, 1.82) is 0 Å². The molecule has 0 amide bonds. The van der Waals surface area contributed by atoms with E-state index in [2.05, 4.69) is 41.3 Å². The van der Waals surface area contributed by atoms with Crippen LogP contribution in [0.5, 0.6) is 5.75 Å². The number of rotatable bonds is 5. The van der Waals surface area contributed by atoms with E-state index < -0.39 is 0 Å². The van der Waals surface area contributed by atoms with Gasteiger partial charge in [-0.3, -0.25) is 0 Å². The molecular formula is C15H25N3O.